The van der Waals surface area contributed by atoms with E-state index < -0.39 is 22.1 Å². The Morgan fingerprint density at radius 3 is 2.49 bits per heavy atom. The van der Waals surface area contributed by atoms with Crippen LogP contribution in [0.5, 0.6) is 17.2 Å². The molecule has 0 unspecified atom stereocenters. The first-order valence-corrected chi connectivity index (χ1v) is 13.2. The summed E-state index contributed by atoms with van der Waals surface area (Å²) in [5, 5.41) is 6.89. The summed E-state index contributed by atoms with van der Waals surface area (Å²) in [5.74, 6) is 1.13. The molecule has 0 saturated carbocycles. The highest BCUT2D eigenvalue weighted by Gasteiger charge is 2.32. The lowest BCUT2D eigenvalue weighted by atomic mass is 10.2. The van der Waals surface area contributed by atoms with E-state index in [-0.39, 0.29) is 24.4 Å². The van der Waals surface area contributed by atoms with E-state index >= 15 is 0 Å². The maximum atomic E-state index is 13.5. The van der Waals surface area contributed by atoms with Crippen molar-refractivity contribution in [2.75, 3.05) is 25.0 Å². The van der Waals surface area contributed by atoms with Gasteiger partial charge in [-0.3, -0.25) is 9.48 Å². The predicted molar refractivity (Wildman–Crippen MR) is 137 cm³/mol. The van der Waals surface area contributed by atoms with Crippen LogP contribution >= 0.6 is 0 Å². The van der Waals surface area contributed by atoms with Gasteiger partial charge in [-0.25, -0.2) is 12.8 Å². The molecule has 3 aromatic rings. The van der Waals surface area contributed by atoms with Crippen LogP contribution < -0.4 is 14.8 Å². The van der Waals surface area contributed by atoms with Crippen LogP contribution in [0.4, 0.5) is 10.2 Å². The van der Waals surface area contributed by atoms with E-state index in [4.69, 9.17) is 9.47 Å². The van der Waals surface area contributed by atoms with E-state index in [1.807, 2.05) is 19.9 Å². The summed E-state index contributed by atoms with van der Waals surface area (Å²) in [6, 6.07) is 12.3. The molecule has 0 spiro atoms. The summed E-state index contributed by atoms with van der Waals surface area (Å²) in [7, 11) is -2.03. The topological polar surface area (TPSA) is 103 Å². The molecule has 0 bridgehead atoms. The van der Waals surface area contributed by atoms with Gasteiger partial charge in [0.2, 0.25) is 10.0 Å². The number of sulfonamides is 1. The molecule has 0 radical (unpaired) electrons. The molecular weight excluding hydrogens is 499 g/mol. The highest BCUT2D eigenvalue weighted by Crippen LogP contribution is 2.30. The number of nitrogens with one attached hydrogen (secondary N) is 1. The number of rotatable bonds is 9. The number of aryl methyl sites for hydroxylation is 1. The van der Waals surface area contributed by atoms with Gasteiger partial charge in [0, 0.05) is 44.0 Å². The Hall–Kier alpha value is -3.70. The third kappa shape index (κ3) is 6.75. The normalized spacial score (nSPS) is 15.8. The first-order chi connectivity index (χ1) is 17.6. The van der Waals surface area contributed by atoms with Gasteiger partial charge in [-0.15, -0.1) is 0 Å². The average molecular weight is 529 g/mol. The number of alkyl halides is 1. The Morgan fingerprint density at radius 1 is 1.14 bits per heavy atom. The number of amides is 1. The van der Waals surface area contributed by atoms with E-state index in [1.54, 1.807) is 42.2 Å². The highest BCUT2D eigenvalue weighted by atomic mass is 32.2. The van der Waals surface area contributed by atoms with Crippen molar-refractivity contribution in [2.45, 2.75) is 31.3 Å². The molecule has 196 valence electrons. The Morgan fingerprint density at radius 2 is 1.86 bits per heavy atom. The quantitative estimate of drug-likeness (QED) is 0.409. The number of carbonyl (C=O) groups is 1. The lowest BCUT2D eigenvalue weighted by Gasteiger charge is -2.16. The lowest BCUT2D eigenvalue weighted by molar-refractivity contribution is 0.102. The average Bonchev–Trinajstić information content (AvgIpc) is 3.47. The molecule has 1 N–H and O–H groups in total. The lowest BCUT2D eigenvalue weighted by Crippen LogP contribution is -2.29. The summed E-state index contributed by atoms with van der Waals surface area (Å²) in [5.41, 5.74) is 1.39. The van der Waals surface area contributed by atoms with Crippen molar-refractivity contribution in [3.05, 3.63) is 71.9 Å². The zero-order chi connectivity index (χ0) is 26.6. The molecular formula is C26H29FN4O5S. The fourth-order valence-corrected chi connectivity index (χ4v) is 5.17. The summed E-state index contributed by atoms with van der Waals surface area (Å²) >= 11 is 0. The molecule has 1 atom stereocenters. The van der Waals surface area contributed by atoms with Gasteiger partial charge < -0.3 is 14.8 Å². The summed E-state index contributed by atoms with van der Waals surface area (Å²) in [4.78, 5) is 12.9. The first-order valence-electron chi connectivity index (χ1n) is 11.7. The van der Waals surface area contributed by atoms with E-state index in [0.29, 0.717) is 35.2 Å². The van der Waals surface area contributed by atoms with Gasteiger partial charge in [-0.2, -0.15) is 9.40 Å². The maximum Gasteiger partial charge on any atom is 0.257 e. The molecule has 1 saturated heterocycles. The van der Waals surface area contributed by atoms with Crippen molar-refractivity contribution in [3.63, 3.8) is 0 Å². The number of hydrogen-bond donors (Lipinski definition) is 1. The van der Waals surface area contributed by atoms with Crippen LogP contribution in [-0.4, -0.2) is 54.3 Å². The molecule has 1 aliphatic rings. The van der Waals surface area contributed by atoms with Gasteiger partial charge in [-0.05, 0) is 62.7 Å². The molecule has 1 aromatic heterocycles. The van der Waals surface area contributed by atoms with Gasteiger partial charge in [0.05, 0.1) is 4.90 Å². The fraction of sp³-hybridized carbons (Fsp3) is 0.308. The van der Waals surface area contributed by atoms with E-state index in [9.17, 15) is 17.6 Å². The summed E-state index contributed by atoms with van der Waals surface area (Å²) < 4.78 is 53.5. The van der Waals surface area contributed by atoms with Crippen molar-refractivity contribution in [1.82, 2.24) is 14.1 Å². The molecule has 9 nitrogen and oxygen atoms in total. The number of hydrogen-bond acceptors (Lipinski definition) is 6. The molecule has 1 aliphatic heterocycles. The minimum absolute atomic E-state index is 0.0585. The number of anilines is 1. The van der Waals surface area contributed by atoms with Crippen molar-refractivity contribution in [3.8, 4) is 17.2 Å². The summed E-state index contributed by atoms with van der Waals surface area (Å²) in [6.45, 7) is 4.25. The first kappa shape index (κ1) is 26.4. The smallest absolute Gasteiger partial charge is 0.257 e. The number of halogens is 1. The molecule has 2 heterocycles. The second kappa shape index (κ2) is 11.1. The fourth-order valence-electron chi connectivity index (χ4n) is 3.69. The summed E-state index contributed by atoms with van der Waals surface area (Å²) in [6.07, 6.45) is 2.67. The van der Waals surface area contributed by atoms with Crippen LogP contribution in [0, 0.1) is 0 Å². The number of ether oxygens (including phenoxy) is 2. The van der Waals surface area contributed by atoms with Gasteiger partial charge in [0.25, 0.3) is 5.91 Å². The third-order valence-electron chi connectivity index (χ3n) is 5.63. The Labute approximate surface area is 215 Å². The minimum atomic E-state index is -3.78. The van der Waals surface area contributed by atoms with Crippen LogP contribution in [0.1, 0.15) is 30.6 Å². The Balaban J connectivity index is 1.55. The molecule has 4 rings (SSSR count). The molecule has 0 aliphatic carbocycles. The number of carbonyl (C=O) groups excluding carboxylic acids is 1. The van der Waals surface area contributed by atoms with E-state index in [0.717, 1.165) is 9.88 Å². The number of nitrogens with zero attached hydrogens (tertiary/aromatic N) is 3. The molecule has 2 aromatic carbocycles. The van der Waals surface area contributed by atoms with Crippen LogP contribution in [-0.2, 0) is 17.1 Å². The van der Waals surface area contributed by atoms with Gasteiger partial charge >= 0.3 is 0 Å². The molecule has 11 heteroatoms. The second-order valence-corrected chi connectivity index (χ2v) is 10.9. The van der Waals surface area contributed by atoms with Crippen LogP contribution in [0.3, 0.4) is 0 Å². The zero-order valence-electron chi connectivity index (χ0n) is 20.8. The molecule has 1 fully saturated rings. The van der Waals surface area contributed by atoms with Gasteiger partial charge in [-0.1, -0.05) is 5.57 Å². The second-order valence-electron chi connectivity index (χ2n) is 8.94. The van der Waals surface area contributed by atoms with Crippen LogP contribution in [0.15, 0.2) is 71.3 Å². The Kier molecular flexibility index (Phi) is 7.94. The van der Waals surface area contributed by atoms with Crippen molar-refractivity contribution in [1.29, 1.82) is 0 Å². The standard InChI is InChI=1S/C26H29FN4O5S/c1-18(2)10-13-35-22-14-19(26(32)28-25-9-11-30(3)29-25)15-23(16-22)36-21-4-6-24(7-5-21)37(33,34)31-12-8-20(27)17-31/h4-7,9-11,14-16,20H,8,12-13,17H2,1-3H3,(H,28,29,32)/t20-/m0/s1. The molecule has 1 amide bonds. The minimum Gasteiger partial charge on any atom is -0.489 e. The largest absolute Gasteiger partial charge is 0.489 e. The Bertz CT molecular complexity index is 1400. The number of benzene rings is 2. The molecule has 37 heavy (non-hydrogen) atoms. The highest BCUT2D eigenvalue weighted by molar-refractivity contribution is 7.89. The third-order valence-corrected chi connectivity index (χ3v) is 7.51. The number of allylic oxidation sites excluding steroid dienone is 1. The van der Waals surface area contributed by atoms with Gasteiger partial charge in [0.1, 0.15) is 30.0 Å². The van der Waals surface area contributed by atoms with E-state index in [2.05, 4.69) is 10.4 Å². The van der Waals surface area contributed by atoms with Crippen molar-refractivity contribution < 1.29 is 27.1 Å². The zero-order valence-corrected chi connectivity index (χ0v) is 21.7. The van der Waals surface area contributed by atoms with Crippen molar-refractivity contribution in [2.24, 2.45) is 7.05 Å². The number of aromatic nitrogens is 2. The SMILES string of the molecule is CC(C)=CCOc1cc(Oc2ccc(S(=O)(=O)N3CC[C@H](F)C3)cc2)cc(C(=O)Nc2ccn(C)n2)c1. The van der Waals surface area contributed by atoms with Crippen LogP contribution in [0.25, 0.3) is 0 Å². The van der Waals surface area contributed by atoms with E-state index in [1.165, 1.54) is 24.3 Å². The van der Waals surface area contributed by atoms with Crippen molar-refractivity contribution >= 4 is 21.7 Å². The maximum absolute atomic E-state index is 13.5. The van der Waals surface area contributed by atoms with Gasteiger partial charge in [0.15, 0.2) is 5.82 Å². The monoisotopic (exact) mass is 528 g/mol. The predicted octanol–water partition coefficient (Wildman–Crippen LogP) is 4.54. The van der Waals surface area contributed by atoms with Crippen LogP contribution in [0.2, 0.25) is 0 Å².